The highest BCUT2D eigenvalue weighted by molar-refractivity contribution is 6.30. The Hall–Kier alpha value is -1.26. The van der Waals surface area contributed by atoms with E-state index in [1.165, 1.54) is 0 Å². The molecule has 0 aromatic heterocycles. The number of carbonyl (C=O) groups is 1. The van der Waals surface area contributed by atoms with Crippen LogP contribution < -0.4 is 15.8 Å². The molecule has 4 nitrogen and oxygen atoms in total. The van der Waals surface area contributed by atoms with Crippen LogP contribution in [0.2, 0.25) is 5.02 Å². The van der Waals surface area contributed by atoms with Gasteiger partial charge in [-0.1, -0.05) is 24.4 Å². The van der Waals surface area contributed by atoms with Crippen molar-refractivity contribution in [1.82, 2.24) is 5.32 Å². The predicted molar refractivity (Wildman–Crippen MR) is 84.4 cm³/mol. The van der Waals surface area contributed by atoms with Gasteiger partial charge in [0.05, 0.1) is 13.0 Å². The van der Waals surface area contributed by atoms with E-state index in [9.17, 15) is 4.79 Å². The van der Waals surface area contributed by atoms with E-state index in [0.29, 0.717) is 11.6 Å². The zero-order valence-corrected chi connectivity index (χ0v) is 13.4. The lowest BCUT2D eigenvalue weighted by Gasteiger charge is -2.37. The number of hydrogen-bond donors (Lipinski definition) is 2. The lowest BCUT2D eigenvalue weighted by molar-refractivity contribution is -0.128. The summed E-state index contributed by atoms with van der Waals surface area (Å²) in [6.07, 6.45) is 3.90. The molecule has 0 spiro atoms. The van der Waals surface area contributed by atoms with E-state index >= 15 is 0 Å². The van der Waals surface area contributed by atoms with Crippen LogP contribution in [0.4, 0.5) is 0 Å². The highest BCUT2D eigenvalue weighted by atomic mass is 35.5. The number of hydrogen-bond acceptors (Lipinski definition) is 3. The van der Waals surface area contributed by atoms with Gasteiger partial charge < -0.3 is 15.8 Å². The minimum Gasteiger partial charge on any atom is -0.496 e. The van der Waals surface area contributed by atoms with Gasteiger partial charge in [0, 0.05) is 22.7 Å². The topological polar surface area (TPSA) is 64.3 Å². The molecule has 1 aromatic rings. The summed E-state index contributed by atoms with van der Waals surface area (Å²) in [6.45, 7) is 2.37. The monoisotopic (exact) mass is 310 g/mol. The number of carbonyl (C=O) groups excluding carboxylic acids is 1. The van der Waals surface area contributed by atoms with Crippen LogP contribution in [0.3, 0.4) is 0 Å². The van der Waals surface area contributed by atoms with Crippen LogP contribution in [0, 0.1) is 5.92 Å². The molecule has 1 aliphatic rings. The number of nitrogens with one attached hydrogen (secondary N) is 1. The van der Waals surface area contributed by atoms with Crippen LogP contribution in [0.25, 0.3) is 0 Å². The minimum atomic E-state index is -0.416. The number of amides is 1. The first-order chi connectivity index (χ1) is 9.94. The first-order valence-corrected chi connectivity index (χ1v) is 7.71. The normalized spacial score (nSPS) is 25.4. The fourth-order valence-corrected chi connectivity index (χ4v) is 3.17. The molecule has 2 rings (SSSR count). The average Bonchev–Trinajstić information content (AvgIpc) is 2.44. The van der Waals surface area contributed by atoms with E-state index in [1.807, 2.05) is 13.0 Å². The quantitative estimate of drug-likeness (QED) is 0.898. The molecule has 1 amide bonds. The lowest BCUT2D eigenvalue weighted by atomic mass is 9.74. The molecular formula is C16H23ClN2O2. The fraction of sp³-hybridized carbons (Fsp3) is 0.562. The van der Waals surface area contributed by atoms with Crippen LogP contribution in [-0.2, 0) is 11.3 Å². The van der Waals surface area contributed by atoms with Gasteiger partial charge in [-0.2, -0.15) is 0 Å². The van der Waals surface area contributed by atoms with Crippen molar-refractivity contribution >= 4 is 17.5 Å². The van der Waals surface area contributed by atoms with Gasteiger partial charge in [-0.05, 0) is 38.0 Å². The zero-order valence-electron chi connectivity index (χ0n) is 12.6. The molecule has 1 fully saturated rings. The molecule has 0 bridgehead atoms. The lowest BCUT2D eigenvalue weighted by Crippen LogP contribution is -2.52. The third-order valence-electron chi connectivity index (χ3n) is 4.27. The Kier molecular flexibility index (Phi) is 5.12. The maximum Gasteiger partial charge on any atom is 0.225 e. The van der Waals surface area contributed by atoms with Gasteiger partial charge >= 0.3 is 0 Å². The molecular weight excluding hydrogens is 288 g/mol. The van der Waals surface area contributed by atoms with Gasteiger partial charge in [-0.15, -0.1) is 0 Å². The van der Waals surface area contributed by atoms with Crippen molar-refractivity contribution in [3.05, 3.63) is 28.8 Å². The van der Waals surface area contributed by atoms with Gasteiger partial charge in [0.15, 0.2) is 0 Å². The summed E-state index contributed by atoms with van der Waals surface area (Å²) >= 11 is 5.99. The second-order valence-electron chi connectivity index (χ2n) is 5.98. The largest absolute Gasteiger partial charge is 0.496 e. The van der Waals surface area contributed by atoms with Crippen LogP contribution in [0.1, 0.15) is 38.2 Å². The van der Waals surface area contributed by atoms with Crippen molar-refractivity contribution < 1.29 is 9.53 Å². The predicted octanol–water partition coefficient (Wildman–Crippen LogP) is 2.87. The van der Waals surface area contributed by atoms with E-state index in [2.05, 4.69) is 5.32 Å². The highest BCUT2D eigenvalue weighted by Crippen LogP contribution is 2.32. The summed E-state index contributed by atoms with van der Waals surface area (Å²) in [7, 11) is 1.60. The van der Waals surface area contributed by atoms with Crippen molar-refractivity contribution in [2.45, 2.75) is 44.7 Å². The standard InChI is InChI=1S/C16H23ClN2O2/c1-16(18)8-4-3-5-13(16)15(20)19-10-11-9-12(17)6-7-14(11)21-2/h6-7,9,13H,3-5,8,10,18H2,1-2H3,(H,19,20). The zero-order chi connectivity index (χ0) is 15.5. The highest BCUT2D eigenvalue weighted by Gasteiger charge is 2.37. The molecule has 0 aliphatic heterocycles. The van der Waals surface area contributed by atoms with Gasteiger partial charge in [0.25, 0.3) is 0 Å². The number of ether oxygens (including phenoxy) is 1. The summed E-state index contributed by atoms with van der Waals surface area (Å²) in [5, 5.41) is 3.59. The first kappa shape index (κ1) is 16.1. The molecule has 5 heteroatoms. The van der Waals surface area contributed by atoms with Crippen molar-refractivity contribution in [3.8, 4) is 5.75 Å². The third kappa shape index (κ3) is 3.89. The summed E-state index contributed by atoms with van der Waals surface area (Å²) < 4.78 is 5.28. The fourth-order valence-electron chi connectivity index (χ4n) is 2.98. The molecule has 1 aliphatic carbocycles. The van der Waals surface area contributed by atoms with E-state index in [-0.39, 0.29) is 11.8 Å². The minimum absolute atomic E-state index is 0.0155. The van der Waals surface area contributed by atoms with Crippen molar-refractivity contribution in [2.75, 3.05) is 7.11 Å². The molecule has 21 heavy (non-hydrogen) atoms. The van der Waals surface area contributed by atoms with Gasteiger partial charge in [-0.3, -0.25) is 4.79 Å². The average molecular weight is 311 g/mol. The molecule has 0 radical (unpaired) electrons. The van der Waals surface area contributed by atoms with E-state index in [0.717, 1.165) is 37.0 Å². The second kappa shape index (κ2) is 6.67. The molecule has 0 heterocycles. The third-order valence-corrected chi connectivity index (χ3v) is 4.50. The summed E-state index contributed by atoms with van der Waals surface area (Å²) in [6, 6.07) is 5.38. The Balaban J connectivity index is 2.02. The SMILES string of the molecule is COc1ccc(Cl)cc1CNC(=O)C1CCCCC1(C)N. The van der Waals surface area contributed by atoms with E-state index in [1.54, 1.807) is 19.2 Å². The van der Waals surface area contributed by atoms with Gasteiger partial charge in [0.1, 0.15) is 5.75 Å². The molecule has 3 N–H and O–H groups in total. The van der Waals surface area contributed by atoms with Gasteiger partial charge in [0.2, 0.25) is 5.91 Å². The van der Waals surface area contributed by atoms with Crippen LogP contribution in [0.15, 0.2) is 18.2 Å². The summed E-state index contributed by atoms with van der Waals surface area (Å²) in [5.74, 6) is 0.608. The number of nitrogens with two attached hydrogens (primary N) is 1. The molecule has 2 atom stereocenters. The van der Waals surface area contributed by atoms with Crippen LogP contribution in [-0.4, -0.2) is 18.6 Å². The number of halogens is 1. The van der Waals surface area contributed by atoms with Crippen LogP contribution in [0.5, 0.6) is 5.75 Å². The number of benzene rings is 1. The Morgan fingerprint density at radius 2 is 2.29 bits per heavy atom. The smallest absolute Gasteiger partial charge is 0.225 e. The Labute approximate surface area is 131 Å². The maximum atomic E-state index is 12.4. The van der Waals surface area contributed by atoms with Crippen molar-refractivity contribution in [3.63, 3.8) is 0 Å². The van der Waals surface area contributed by atoms with Gasteiger partial charge in [-0.25, -0.2) is 0 Å². The number of rotatable bonds is 4. The molecule has 1 aromatic carbocycles. The second-order valence-corrected chi connectivity index (χ2v) is 6.41. The summed E-state index contributed by atoms with van der Waals surface area (Å²) in [4.78, 5) is 12.4. The van der Waals surface area contributed by atoms with E-state index in [4.69, 9.17) is 22.1 Å². The summed E-state index contributed by atoms with van der Waals surface area (Å²) in [5.41, 5.74) is 6.72. The number of methoxy groups -OCH3 is 1. The first-order valence-electron chi connectivity index (χ1n) is 7.33. The van der Waals surface area contributed by atoms with Crippen molar-refractivity contribution in [2.24, 2.45) is 11.7 Å². The molecule has 1 saturated carbocycles. The molecule has 2 unspecified atom stereocenters. The molecule has 116 valence electrons. The Bertz CT molecular complexity index is 517. The Morgan fingerprint density at radius 1 is 1.52 bits per heavy atom. The maximum absolute atomic E-state index is 12.4. The molecule has 0 saturated heterocycles. The Morgan fingerprint density at radius 3 is 2.95 bits per heavy atom. The van der Waals surface area contributed by atoms with E-state index < -0.39 is 5.54 Å². The van der Waals surface area contributed by atoms with Crippen molar-refractivity contribution in [1.29, 1.82) is 0 Å². The van der Waals surface area contributed by atoms with Crippen LogP contribution >= 0.6 is 11.6 Å².